The quantitative estimate of drug-likeness (QED) is 0.856. The van der Waals surface area contributed by atoms with E-state index in [0.29, 0.717) is 18.7 Å². The highest BCUT2D eigenvalue weighted by Gasteiger charge is 2.34. The molecule has 2 unspecified atom stereocenters. The van der Waals surface area contributed by atoms with Gasteiger partial charge in [-0.05, 0) is 26.0 Å². The number of hydrogen-bond donors (Lipinski definition) is 1. The number of benzene rings is 1. The number of carbonyl (C=O) groups excluding carboxylic acids is 1. The van der Waals surface area contributed by atoms with E-state index in [0.717, 1.165) is 11.2 Å². The molecule has 1 N–H and O–H groups in total. The van der Waals surface area contributed by atoms with Gasteiger partial charge in [-0.25, -0.2) is 9.07 Å². The van der Waals surface area contributed by atoms with Gasteiger partial charge in [-0.3, -0.25) is 4.79 Å². The molecule has 2 heterocycles. The van der Waals surface area contributed by atoms with Crippen LogP contribution in [-0.4, -0.2) is 28.9 Å². The summed E-state index contributed by atoms with van der Waals surface area (Å²) in [6, 6.07) is 4.39. The molecule has 0 radical (unpaired) electrons. The van der Waals surface area contributed by atoms with Crippen LogP contribution in [0.2, 0.25) is 0 Å². The van der Waals surface area contributed by atoms with Crippen molar-refractivity contribution in [2.24, 2.45) is 5.92 Å². The molecule has 0 saturated carbocycles. The average molecular weight is 277 g/mol. The average Bonchev–Trinajstić information content (AvgIpc) is 2.78. The van der Waals surface area contributed by atoms with Crippen LogP contribution >= 0.6 is 0 Å². The Labute approximate surface area is 115 Å². The number of nitrogens with one attached hydrogen (secondary N) is 1. The molecule has 6 heteroatoms. The summed E-state index contributed by atoms with van der Waals surface area (Å²) in [4.78, 5) is 11.9. The molecule has 1 aromatic carbocycles. The number of rotatable bonds is 2. The summed E-state index contributed by atoms with van der Waals surface area (Å²) >= 11 is 0. The van der Waals surface area contributed by atoms with Crippen molar-refractivity contribution in [1.82, 2.24) is 9.78 Å². The van der Waals surface area contributed by atoms with Crippen LogP contribution in [0.1, 0.15) is 19.9 Å². The largest absolute Gasteiger partial charge is 0.466 e. The van der Waals surface area contributed by atoms with Gasteiger partial charge in [0.1, 0.15) is 11.6 Å². The Morgan fingerprint density at radius 1 is 1.60 bits per heavy atom. The molecule has 3 rings (SSSR count). The molecule has 1 aliphatic rings. The Morgan fingerprint density at radius 3 is 3.15 bits per heavy atom. The van der Waals surface area contributed by atoms with Crippen LogP contribution in [0.3, 0.4) is 0 Å². The molecule has 1 aliphatic heterocycles. The van der Waals surface area contributed by atoms with E-state index in [1.807, 2.05) is 6.92 Å². The van der Waals surface area contributed by atoms with E-state index < -0.39 is 0 Å². The van der Waals surface area contributed by atoms with Crippen molar-refractivity contribution >= 4 is 22.7 Å². The lowest BCUT2D eigenvalue weighted by atomic mass is 9.99. The number of ether oxygens (including phenoxy) is 1. The fourth-order valence-corrected chi connectivity index (χ4v) is 2.63. The molecule has 106 valence electrons. The van der Waals surface area contributed by atoms with Crippen LogP contribution in [0.5, 0.6) is 0 Å². The molecule has 0 spiro atoms. The third-order valence-corrected chi connectivity index (χ3v) is 3.71. The lowest BCUT2D eigenvalue weighted by molar-refractivity contribution is -0.149. The van der Waals surface area contributed by atoms with Crippen molar-refractivity contribution in [2.75, 3.05) is 18.5 Å². The zero-order valence-electron chi connectivity index (χ0n) is 11.4. The first-order valence-electron chi connectivity index (χ1n) is 6.70. The van der Waals surface area contributed by atoms with Gasteiger partial charge in [0, 0.05) is 18.0 Å². The van der Waals surface area contributed by atoms with Gasteiger partial charge >= 0.3 is 5.97 Å². The number of halogens is 1. The van der Waals surface area contributed by atoms with Gasteiger partial charge in [0.05, 0.1) is 24.1 Å². The van der Waals surface area contributed by atoms with E-state index in [-0.39, 0.29) is 23.7 Å². The van der Waals surface area contributed by atoms with E-state index in [1.165, 1.54) is 12.1 Å². The molecule has 0 amide bonds. The highest BCUT2D eigenvalue weighted by Crippen LogP contribution is 2.34. The Balaban J connectivity index is 2.01. The van der Waals surface area contributed by atoms with Crippen molar-refractivity contribution in [1.29, 1.82) is 0 Å². The highest BCUT2D eigenvalue weighted by molar-refractivity contribution is 5.91. The summed E-state index contributed by atoms with van der Waals surface area (Å²) in [6.45, 7) is 4.57. The van der Waals surface area contributed by atoms with E-state index in [2.05, 4.69) is 10.4 Å². The van der Waals surface area contributed by atoms with E-state index in [1.54, 1.807) is 17.7 Å². The second-order valence-electron chi connectivity index (χ2n) is 4.93. The van der Waals surface area contributed by atoms with Crippen LogP contribution in [0, 0.1) is 11.7 Å². The number of esters is 1. The zero-order chi connectivity index (χ0) is 14.3. The van der Waals surface area contributed by atoms with Crippen LogP contribution in [0.4, 0.5) is 10.2 Å². The summed E-state index contributed by atoms with van der Waals surface area (Å²) in [5.74, 6) is -0.0129. The number of anilines is 1. The number of fused-ring (bicyclic) bond motifs is 3. The summed E-state index contributed by atoms with van der Waals surface area (Å²) in [5.41, 5.74) is 0.587. The molecule has 5 nitrogen and oxygen atoms in total. The predicted octanol–water partition coefficient (Wildman–Crippen LogP) is 2.34. The third kappa shape index (κ3) is 1.92. The Kier molecular flexibility index (Phi) is 3.08. The minimum atomic E-state index is -0.317. The molecule has 1 aromatic heterocycles. The maximum atomic E-state index is 13.3. The summed E-state index contributed by atoms with van der Waals surface area (Å²) in [5, 5.41) is 8.46. The Morgan fingerprint density at radius 2 is 2.40 bits per heavy atom. The number of carbonyl (C=O) groups is 1. The zero-order valence-corrected chi connectivity index (χ0v) is 11.4. The molecule has 0 fully saturated rings. The van der Waals surface area contributed by atoms with Crippen molar-refractivity contribution in [3.8, 4) is 0 Å². The molecule has 0 bridgehead atoms. The maximum absolute atomic E-state index is 13.3. The SMILES string of the molecule is CCOC(=O)C1CNc2c3ccc(F)cc3nn2C1C. The Hall–Kier alpha value is -2.11. The number of nitrogens with zero attached hydrogens (tertiary/aromatic N) is 2. The first-order valence-corrected chi connectivity index (χ1v) is 6.70. The van der Waals surface area contributed by atoms with Gasteiger partial charge in [-0.1, -0.05) is 0 Å². The molecule has 2 atom stereocenters. The molecule has 0 aliphatic carbocycles. The standard InChI is InChI=1S/C14H16FN3O2/c1-3-20-14(19)11-7-16-13-10-5-4-9(15)6-12(10)17-18(13)8(11)2/h4-6,8,11,16H,3,7H2,1-2H3. The second kappa shape index (κ2) is 4.77. The Bertz CT molecular complexity index is 668. The first kappa shape index (κ1) is 12.9. The minimum absolute atomic E-state index is 0.124. The molecule has 2 aromatic rings. The summed E-state index contributed by atoms with van der Waals surface area (Å²) < 4.78 is 20.1. The summed E-state index contributed by atoms with van der Waals surface area (Å²) in [6.07, 6.45) is 0. The van der Waals surface area contributed by atoms with Gasteiger partial charge in [-0.15, -0.1) is 0 Å². The van der Waals surface area contributed by atoms with Crippen LogP contribution in [-0.2, 0) is 9.53 Å². The molecular weight excluding hydrogens is 261 g/mol. The van der Waals surface area contributed by atoms with Gasteiger partial charge in [0.15, 0.2) is 0 Å². The van der Waals surface area contributed by atoms with E-state index in [4.69, 9.17) is 4.74 Å². The molecule has 0 saturated heterocycles. The fourth-order valence-electron chi connectivity index (χ4n) is 2.63. The van der Waals surface area contributed by atoms with Crippen LogP contribution in [0.15, 0.2) is 18.2 Å². The molecule has 20 heavy (non-hydrogen) atoms. The van der Waals surface area contributed by atoms with Crippen LogP contribution < -0.4 is 5.32 Å². The van der Waals surface area contributed by atoms with Gasteiger partial charge in [-0.2, -0.15) is 5.10 Å². The number of hydrogen-bond acceptors (Lipinski definition) is 4. The van der Waals surface area contributed by atoms with Crippen molar-refractivity contribution in [2.45, 2.75) is 19.9 Å². The third-order valence-electron chi connectivity index (χ3n) is 3.71. The second-order valence-corrected chi connectivity index (χ2v) is 4.93. The lowest BCUT2D eigenvalue weighted by Gasteiger charge is -2.29. The van der Waals surface area contributed by atoms with Gasteiger partial charge in [0.25, 0.3) is 0 Å². The first-order chi connectivity index (χ1) is 9.61. The van der Waals surface area contributed by atoms with E-state index >= 15 is 0 Å². The van der Waals surface area contributed by atoms with E-state index in [9.17, 15) is 9.18 Å². The minimum Gasteiger partial charge on any atom is -0.466 e. The topological polar surface area (TPSA) is 56.1 Å². The number of aromatic nitrogens is 2. The van der Waals surface area contributed by atoms with Gasteiger partial charge < -0.3 is 10.1 Å². The van der Waals surface area contributed by atoms with Crippen LogP contribution in [0.25, 0.3) is 10.9 Å². The highest BCUT2D eigenvalue weighted by atomic mass is 19.1. The summed E-state index contributed by atoms with van der Waals surface area (Å²) in [7, 11) is 0. The monoisotopic (exact) mass is 277 g/mol. The predicted molar refractivity (Wildman–Crippen MR) is 73.0 cm³/mol. The smallest absolute Gasteiger partial charge is 0.312 e. The van der Waals surface area contributed by atoms with Crippen molar-refractivity contribution < 1.29 is 13.9 Å². The van der Waals surface area contributed by atoms with Gasteiger partial charge in [0.2, 0.25) is 0 Å². The normalized spacial score (nSPS) is 21.4. The van der Waals surface area contributed by atoms with Crippen molar-refractivity contribution in [3.05, 3.63) is 24.0 Å². The molecular formula is C14H16FN3O2. The van der Waals surface area contributed by atoms with Crippen molar-refractivity contribution in [3.63, 3.8) is 0 Å². The fraction of sp³-hybridized carbons (Fsp3) is 0.429. The lowest BCUT2D eigenvalue weighted by Crippen LogP contribution is -2.37. The maximum Gasteiger partial charge on any atom is 0.312 e.